The van der Waals surface area contributed by atoms with Crippen LogP contribution in [0.2, 0.25) is 0 Å². The number of anilines is 1. The predicted octanol–water partition coefficient (Wildman–Crippen LogP) is 3.73. The summed E-state index contributed by atoms with van der Waals surface area (Å²) in [7, 11) is 1.35. The van der Waals surface area contributed by atoms with Crippen molar-refractivity contribution >= 4 is 34.6 Å². The van der Waals surface area contributed by atoms with E-state index >= 15 is 0 Å². The van der Waals surface area contributed by atoms with Crippen LogP contribution in [0.3, 0.4) is 0 Å². The van der Waals surface area contributed by atoms with Gasteiger partial charge in [0.25, 0.3) is 11.6 Å². The number of nitro benzene ring substituents is 1. The first-order valence-electron chi connectivity index (χ1n) is 8.84. The monoisotopic (exact) mass is 404 g/mol. The van der Waals surface area contributed by atoms with Gasteiger partial charge < -0.3 is 14.8 Å². The van der Waals surface area contributed by atoms with Crippen LogP contribution < -0.4 is 10.1 Å². The first-order chi connectivity index (χ1) is 13.4. The topological polar surface area (TPSA) is 108 Å². The van der Waals surface area contributed by atoms with Crippen molar-refractivity contribution < 1.29 is 24.0 Å². The van der Waals surface area contributed by atoms with E-state index in [0.717, 1.165) is 31.2 Å². The molecule has 1 aromatic heterocycles. The van der Waals surface area contributed by atoms with Crippen LogP contribution in [0.1, 0.15) is 40.6 Å². The Bertz CT molecular complexity index is 923. The highest BCUT2D eigenvalue weighted by molar-refractivity contribution is 7.10. The average Bonchev–Trinajstić information content (AvgIpc) is 3.12. The third kappa shape index (κ3) is 4.14. The summed E-state index contributed by atoms with van der Waals surface area (Å²) in [6, 6.07) is 3.84. The van der Waals surface area contributed by atoms with Crippen LogP contribution in [0.5, 0.6) is 5.75 Å². The molecule has 0 saturated carbocycles. The lowest BCUT2D eigenvalue weighted by atomic mass is 9.96. The van der Waals surface area contributed by atoms with Crippen LogP contribution in [0.4, 0.5) is 11.4 Å². The fourth-order valence-electron chi connectivity index (χ4n) is 3.07. The molecule has 0 radical (unpaired) electrons. The maximum Gasteiger partial charge on any atom is 0.340 e. The zero-order chi connectivity index (χ0) is 20.3. The second-order valence-corrected chi connectivity index (χ2v) is 7.40. The lowest BCUT2D eigenvalue weighted by Gasteiger charge is -2.16. The summed E-state index contributed by atoms with van der Waals surface area (Å²) in [6.07, 6.45) is 2.96. The molecule has 3 rings (SSSR count). The van der Waals surface area contributed by atoms with Crippen molar-refractivity contribution in [3.05, 3.63) is 49.7 Å². The van der Waals surface area contributed by atoms with Gasteiger partial charge in [-0.1, -0.05) is 0 Å². The third-order valence-electron chi connectivity index (χ3n) is 4.59. The van der Waals surface area contributed by atoms with Gasteiger partial charge in [0.2, 0.25) is 0 Å². The van der Waals surface area contributed by atoms with Gasteiger partial charge in [-0.05, 0) is 44.2 Å². The number of nitrogens with one attached hydrogen (secondary N) is 1. The summed E-state index contributed by atoms with van der Waals surface area (Å²) in [5.74, 6) is -0.921. The number of methoxy groups -OCH3 is 1. The Morgan fingerprint density at radius 1 is 1.29 bits per heavy atom. The van der Waals surface area contributed by atoms with E-state index in [9.17, 15) is 19.7 Å². The largest absolute Gasteiger partial charge is 0.494 e. The van der Waals surface area contributed by atoms with Crippen LogP contribution in [0.25, 0.3) is 0 Å². The summed E-state index contributed by atoms with van der Waals surface area (Å²) in [5, 5.41) is 15.2. The molecule has 0 unspecified atom stereocenters. The Hall–Kier alpha value is -2.94. The molecule has 8 nitrogen and oxygen atoms in total. The van der Waals surface area contributed by atoms with Crippen LogP contribution in [0.15, 0.2) is 23.6 Å². The minimum atomic E-state index is -1.04. The fraction of sp³-hybridized carbons (Fsp3) is 0.368. The van der Waals surface area contributed by atoms with Crippen molar-refractivity contribution in [2.45, 2.75) is 38.7 Å². The van der Waals surface area contributed by atoms with Crippen LogP contribution in [0, 0.1) is 10.1 Å². The van der Waals surface area contributed by atoms with Crippen molar-refractivity contribution in [2.75, 3.05) is 12.4 Å². The number of nitro groups is 1. The number of carbonyl (C=O) groups is 2. The van der Waals surface area contributed by atoms with Gasteiger partial charge in [0, 0.05) is 16.3 Å². The maximum absolute atomic E-state index is 12.5. The Labute approximate surface area is 165 Å². The molecule has 1 amide bonds. The number of non-ortho nitro benzene ring substituents is 1. The summed E-state index contributed by atoms with van der Waals surface area (Å²) in [5.41, 5.74) is 1.67. The molecular weight excluding hydrogens is 384 g/mol. The number of hydrogen-bond donors (Lipinski definition) is 1. The molecule has 9 heteroatoms. The van der Waals surface area contributed by atoms with E-state index in [4.69, 9.17) is 9.47 Å². The standard InChI is InChI=1S/C19H20N2O6S/c1-11(27-19(23)14-10-28-17-6-4-3-5-13(14)17)18(22)20-15-8-7-12(21(24)25)9-16(15)26-2/h7-11H,3-6H2,1-2H3,(H,20,22)/t11-/m0/s1. The van der Waals surface area contributed by atoms with Gasteiger partial charge in [-0.15, -0.1) is 11.3 Å². The lowest BCUT2D eigenvalue weighted by molar-refractivity contribution is -0.384. The second-order valence-electron chi connectivity index (χ2n) is 6.44. The number of amides is 1. The van der Waals surface area contributed by atoms with Gasteiger partial charge in [0.15, 0.2) is 6.10 Å². The molecule has 0 bridgehead atoms. The number of benzene rings is 1. The molecule has 1 aliphatic rings. The third-order valence-corrected chi connectivity index (χ3v) is 5.68. The number of fused-ring (bicyclic) bond motifs is 1. The number of ether oxygens (including phenoxy) is 2. The molecule has 1 aromatic carbocycles. The molecule has 28 heavy (non-hydrogen) atoms. The number of esters is 1. The number of nitrogens with zero attached hydrogens (tertiary/aromatic N) is 1. The number of hydrogen-bond acceptors (Lipinski definition) is 7. The van der Waals surface area contributed by atoms with E-state index in [1.54, 1.807) is 16.7 Å². The molecule has 0 saturated heterocycles. The highest BCUT2D eigenvalue weighted by Gasteiger charge is 2.25. The fourth-order valence-corrected chi connectivity index (χ4v) is 4.19. The molecule has 1 aliphatic carbocycles. The number of thiophene rings is 1. The van der Waals surface area contributed by atoms with Crippen LogP contribution >= 0.6 is 11.3 Å². The van der Waals surface area contributed by atoms with Gasteiger partial charge in [0.05, 0.1) is 29.4 Å². The van der Waals surface area contributed by atoms with Gasteiger partial charge in [-0.25, -0.2) is 4.79 Å². The molecule has 2 aromatic rings. The van der Waals surface area contributed by atoms with Crippen molar-refractivity contribution in [2.24, 2.45) is 0 Å². The Morgan fingerprint density at radius 2 is 2.04 bits per heavy atom. The quantitative estimate of drug-likeness (QED) is 0.446. The van der Waals surface area contributed by atoms with E-state index in [-0.39, 0.29) is 17.1 Å². The zero-order valence-corrected chi connectivity index (χ0v) is 16.3. The minimum absolute atomic E-state index is 0.146. The molecule has 1 N–H and O–H groups in total. The van der Waals surface area contributed by atoms with Crippen LogP contribution in [-0.4, -0.2) is 30.0 Å². The smallest absolute Gasteiger partial charge is 0.340 e. The Kier molecular flexibility index (Phi) is 5.93. The summed E-state index contributed by atoms with van der Waals surface area (Å²) < 4.78 is 10.4. The van der Waals surface area contributed by atoms with Gasteiger partial charge in [-0.2, -0.15) is 0 Å². The van der Waals surface area contributed by atoms with Crippen molar-refractivity contribution in [3.63, 3.8) is 0 Å². The Morgan fingerprint density at radius 3 is 2.75 bits per heavy atom. The van der Waals surface area contributed by atoms with E-state index in [2.05, 4.69) is 5.32 Å². The highest BCUT2D eigenvalue weighted by Crippen LogP contribution is 2.31. The van der Waals surface area contributed by atoms with Gasteiger partial charge in [-0.3, -0.25) is 14.9 Å². The van der Waals surface area contributed by atoms with Gasteiger partial charge in [0.1, 0.15) is 5.75 Å². The molecule has 0 spiro atoms. The Balaban J connectivity index is 1.67. The van der Waals surface area contributed by atoms with E-state index in [1.165, 1.54) is 37.1 Å². The van der Waals surface area contributed by atoms with Crippen LogP contribution in [-0.2, 0) is 22.4 Å². The predicted molar refractivity (Wildman–Crippen MR) is 104 cm³/mol. The first kappa shape index (κ1) is 19.8. The van der Waals surface area contributed by atoms with Crippen molar-refractivity contribution in [1.29, 1.82) is 0 Å². The SMILES string of the molecule is COc1cc([N+](=O)[O-])ccc1NC(=O)[C@H](C)OC(=O)c1csc2c1CCCC2. The number of aryl methyl sites for hydroxylation is 1. The second kappa shape index (κ2) is 8.39. The summed E-state index contributed by atoms with van der Waals surface area (Å²) in [6.45, 7) is 1.48. The summed E-state index contributed by atoms with van der Waals surface area (Å²) >= 11 is 1.55. The number of rotatable bonds is 6. The lowest BCUT2D eigenvalue weighted by Crippen LogP contribution is -2.30. The molecule has 0 fully saturated rings. The first-order valence-corrected chi connectivity index (χ1v) is 9.72. The highest BCUT2D eigenvalue weighted by atomic mass is 32.1. The summed E-state index contributed by atoms with van der Waals surface area (Å²) in [4.78, 5) is 36.4. The minimum Gasteiger partial charge on any atom is -0.494 e. The van der Waals surface area contributed by atoms with Gasteiger partial charge >= 0.3 is 5.97 Å². The van der Waals surface area contributed by atoms with Crippen molar-refractivity contribution in [3.8, 4) is 5.75 Å². The maximum atomic E-state index is 12.5. The molecular formula is C19H20N2O6S. The molecule has 148 valence electrons. The average molecular weight is 404 g/mol. The molecule has 1 heterocycles. The van der Waals surface area contributed by atoms with E-state index in [1.807, 2.05) is 0 Å². The normalized spacial score (nSPS) is 13.9. The van der Waals surface area contributed by atoms with Crippen molar-refractivity contribution in [1.82, 2.24) is 0 Å². The zero-order valence-electron chi connectivity index (χ0n) is 15.5. The molecule has 1 atom stereocenters. The van der Waals surface area contributed by atoms with E-state index < -0.39 is 22.9 Å². The number of carbonyl (C=O) groups excluding carboxylic acids is 2. The van der Waals surface area contributed by atoms with E-state index in [0.29, 0.717) is 5.56 Å². The molecule has 0 aliphatic heterocycles.